The number of carboxylic acids is 1. The summed E-state index contributed by atoms with van der Waals surface area (Å²) in [6.07, 6.45) is 1.99. The van der Waals surface area contributed by atoms with E-state index in [1.807, 2.05) is 31.2 Å². The lowest BCUT2D eigenvalue weighted by Crippen LogP contribution is -2.19. The maximum absolute atomic E-state index is 12.5. The highest BCUT2D eigenvalue weighted by Crippen LogP contribution is 2.26. The van der Waals surface area contributed by atoms with E-state index in [1.165, 1.54) is 15.8 Å². The number of H-pyrrole nitrogens is 1. The van der Waals surface area contributed by atoms with Crippen molar-refractivity contribution in [3.05, 3.63) is 75.2 Å². The summed E-state index contributed by atoms with van der Waals surface area (Å²) in [6, 6.07) is 14.2. The van der Waals surface area contributed by atoms with E-state index in [0.717, 1.165) is 16.8 Å². The zero-order chi connectivity index (χ0) is 21.0. The van der Waals surface area contributed by atoms with Crippen LogP contribution >= 0.6 is 0 Å². The number of hydrogen-bond acceptors (Lipinski definition) is 3. The Morgan fingerprint density at radius 3 is 2.59 bits per heavy atom. The highest BCUT2D eigenvalue weighted by atomic mass is 16.4. The van der Waals surface area contributed by atoms with E-state index in [-0.39, 0.29) is 12.0 Å². The molecular formula is C23H25N3O3. The minimum Gasteiger partial charge on any atom is -0.481 e. The summed E-state index contributed by atoms with van der Waals surface area (Å²) in [6.45, 7) is 6.33. The van der Waals surface area contributed by atoms with E-state index >= 15 is 0 Å². The molecule has 0 aliphatic carbocycles. The lowest BCUT2D eigenvalue weighted by Gasteiger charge is -2.06. The van der Waals surface area contributed by atoms with Crippen LogP contribution < -0.4 is 5.56 Å². The van der Waals surface area contributed by atoms with Gasteiger partial charge in [0.15, 0.2) is 0 Å². The van der Waals surface area contributed by atoms with Gasteiger partial charge in [0.2, 0.25) is 0 Å². The van der Waals surface area contributed by atoms with Crippen molar-refractivity contribution in [1.82, 2.24) is 9.78 Å². The summed E-state index contributed by atoms with van der Waals surface area (Å²) < 4.78 is 1.44. The number of aromatic amines is 1. The number of aliphatic imine (C=N–C) groups is 1. The van der Waals surface area contributed by atoms with Crippen LogP contribution in [0.15, 0.2) is 52.3 Å². The van der Waals surface area contributed by atoms with Crippen molar-refractivity contribution in [3.63, 3.8) is 0 Å². The monoisotopic (exact) mass is 391 g/mol. The Labute approximate surface area is 169 Å². The third-order valence-electron chi connectivity index (χ3n) is 4.98. The largest absolute Gasteiger partial charge is 0.481 e. The number of aryl methyl sites for hydroxylation is 4. The molecule has 6 heteroatoms. The van der Waals surface area contributed by atoms with Gasteiger partial charge in [-0.3, -0.25) is 24.4 Å². The fourth-order valence-corrected chi connectivity index (χ4v) is 3.14. The predicted molar refractivity (Wildman–Crippen MR) is 115 cm³/mol. The first kappa shape index (κ1) is 20.3. The second-order valence-electron chi connectivity index (χ2n) is 7.21. The lowest BCUT2D eigenvalue weighted by molar-refractivity contribution is -0.137. The molecule has 0 aliphatic heterocycles. The van der Waals surface area contributed by atoms with Crippen LogP contribution in [-0.2, 0) is 11.3 Å². The molecule has 150 valence electrons. The Hall–Kier alpha value is -3.41. The number of nitrogens with one attached hydrogen (secondary N) is 1. The van der Waals surface area contributed by atoms with E-state index < -0.39 is 5.97 Å². The SMILES string of the molecule is Cc1ccc(-c2cccc(N=Cc3c(C)[nH]n(CCCC(=O)O)c3=O)c2)cc1C. The van der Waals surface area contributed by atoms with Crippen LogP contribution in [0.4, 0.5) is 5.69 Å². The number of aromatic nitrogens is 2. The number of carbonyl (C=O) groups is 1. The van der Waals surface area contributed by atoms with Crippen molar-refractivity contribution in [2.45, 2.75) is 40.2 Å². The van der Waals surface area contributed by atoms with Gasteiger partial charge in [0.25, 0.3) is 5.56 Å². The minimum atomic E-state index is -0.869. The molecule has 1 heterocycles. The van der Waals surface area contributed by atoms with Gasteiger partial charge in [-0.2, -0.15) is 0 Å². The smallest absolute Gasteiger partial charge is 0.303 e. The van der Waals surface area contributed by atoms with Crippen LogP contribution in [-0.4, -0.2) is 27.1 Å². The maximum Gasteiger partial charge on any atom is 0.303 e. The fraction of sp³-hybridized carbons (Fsp3) is 0.261. The molecule has 0 aliphatic rings. The molecule has 2 N–H and O–H groups in total. The maximum atomic E-state index is 12.5. The Bertz CT molecular complexity index is 1120. The Kier molecular flexibility index (Phi) is 6.12. The van der Waals surface area contributed by atoms with Crippen LogP contribution in [0.3, 0.4) is 0 Å². The van der Waals surface area contributed by atoms with Crippen LogP contribution in [0.1, 0.15) is 35.2 Å². The fourth-order valence-electron chi connectivity index (χ4n) is 3.14. The van der Waals surface area contributed by atoms with Crippen LogP contribution in [0, 0.1) is 20.8 Å². The van der Waals surface area contributed by atoms with Crippen molar-refractivity contribution in [2.75, 3.05) is 0 Å². The van der Waals surface area contributed by atoms with E-state index in [0.29, 0.717) is 24.2 Å². The molecule has 0 fully saturated rings. The number of rotatable bonds is 7. The van der Waals surface area contributed by atoms with E-state index in [9.17, 15) is 9.59 Å². The highest BCUT2D eigenvalue weighted by Gasteiger charge is 2.09. The second-order valence-corrected chi connectivity index (χ2v) is 7.21. The second kappa shape index (κ2) is 8.73. The lowest BCUT2D eigenvalue weighted by atomic mass is 10.0. The van der Waals surface area contributed by atoms with E-state index in [1.54, 1.807) is 6.21 Å². The summed E-state index contributed by atoms with van der Waals surface area (Å²) in [4.78, 5) is 27.7. The van der Waals surface area contributed by atoms with Crippen LogP contribution in [0.2, 0.25) is 0 Å². The molecule has 3 aromatic rings. The molecule has 0 saturated carbocycles. The van der Waals surface area contributed by atoms with Gasteiger partial charge < -0.3 is 5.11 Å². The van der Waals surface area contributed by atoms with Gasteiger partial charge in [-0.05, 0) is 61.6 Å². The van der Waals surface area contributed by atoms with Gasteiger partial charge in [0.1, 0.15) is 0 Å². The quantitative estimate of drug-likeness (QED) is 0.586. The van der Waals surface area contributed by atoms with Gasteiger partial charge in [-0.1, -0.05) is 30.3 Å². The van der Waals surface area contributed by atoms with Gasteiger partial charge in [-0.15, -0.1) is 0 Å². The Morgan fingerprint density at radius 2 is 1.86 bits per heavy atom. The molecule has 0 atom stereocenters. The average molecular weight is 391 g/mol. The van der Waals surface area contributed by atoms with Crippen molar-refractivity contribution >= 4 is 17.9 Å². The van der Waals surface area contributed by atoms with Gasteiger partial charge in [0.05, 0.1) is 11.3 Å². The average Bonchev–Trinajstić information content (AvgIpc) is 2.95. The number of benzene rings is 2. The van der Waals surface area contributed by atoms with Gasteiger partial charge >= 0.3 is 5.97 Å². The minimum absolute atomic E-state index is 0.0270. The molecule has 0 unspecified atom stereocenters. The van der Waals surface area contributed by atoms with Crippen molar-refractivity contribution < 1.29 is 9.90 Å². The van der Waals surface area contributed by atoms with Crippen LogP contribution in [0.25, 0.3) is 11.1 Å². The molecule has 0 spiro atoms. The summed E-state index contributed by atoms with van der Waals surface area (Å²) in [5.74, 6) is -0.869. The number of hydrogen-bond donors (Lipinski definition) is 2. The molecule has 0 bridgehead atoms. The normalized spacial score (nSPS) is 11.3. The summed E-state index contributed by atoms with van der Waals surface area (Å²) in [7, 11) is 0. The highest BCUT2D eigenvalue weighted by molar-refractivity contribution is 5.83. The third-order valence-corrected chi connectivity index (χ3v) is 4.98. The number of nitrogens with zero attached hydrogens (tertiary/aromatic N) is 2. The first-order chi connectivity index (χ1) is 13.8. The van der Waals surface area contributed by atoms with E-state index in [2.05, 4.69) is 42.1 Å². The first-order valence-electron chi connectivity index (χ1n) is 9.58. The summed E-state index contributed by atoms with van der Waals surface area (Å²) >= 11 is 0. The number of carboxylic acid groups (broad SMARTS) is 1. The summed E-state index contributed by atoms with van der Waals surface area (Å²) in [5.41, 5.74) is 6.45. The molecule has 2 aromatic carbocycles. The molecule has 6 nitrogen and oxygen atoms in total. The number of aliphatic carboxylic acids is 1. The van der Waals surface area contributed by atoms with Crippen molar-refractivity contribution in [2.24, 2.45) is 4.99 Å². The summed E-state index contributed by atoms with van der Waals surface area (Å²) in [5, 5.41) is 11.7. The van der Waals surface area contributed by atoms with Crippen LogP contribution in [0.5, 0.6) is 0 Å². The first-order valence-corrected chi connectivity index (χ1v) is 9.58. The molecule has 29 heavy (non-hydrogen) atoms. The van der Waals surface area contributed by atoms with Crippen molar-refractivity contribution in [3.8, 4) is 11.1 Å². The molecule has 0 saturated heterocycles. The molecule has 0 radical (unpaired) electrons. The Balaban J connectivity index is 1.81. The molecule has 1 aromatic heterocycles. The molecule has 3 rings (SSSR count). The topological polar surface area (TPSA) is 87.4 Å². The van der Waals surface area contributed by atoms with Crippen molar-refractivity contribution in [1.29, 1.82) is 0 Å². The van der Waals surface area contributed by atoms with Gasteiger partial charge in [-0.25, -0.2) is 0 Å². The predicted octanol–water partition coefficient (Wildman–Crippen LogP) is 4.38. The van der Waals surface area contributed by atoms with Gasteiger partial charge in [0, 0.05) is 24.9 Å². The third kappa shape index (κ3) is 4.90. The zero-order valence-corrected chi connectivity index (χ0v) is 16.9. The molecule has 0 amide bonds. The zero-order valence-electron chi connectivity index (χ0n) is 16.9. The van der Waals surface area contributed by atoms with E-state index in [4.69, 9.17) is 5.11 Å². The standard InChI is InChI=1S/C23H25N3O3/c1-15-9-10-19(12-16(15)2)18-6-4-7-20(13-18)24-14-21-17(3)25-26(23(21)29)11-5-8-22(27)28/h4,6-7,9-10,12-14,25H,5,8,11H2,1-3H3,(H,27,28). The Morgan fingerprint density at radius 1 is 1.10 bits per heavy atom. The molecular weight excluding hydrogens is 366 g/mol.